The number of hydrogen-bond acceptors (Lipinski definition) is 4. The Labute approximate surface area is 125 Å². The van der Waals surface area contributed by atoms with Gasteiger partial charge < -0.3 is 19.5 Å². The maximum absolute atomic E-state index is 9.99. The zero-order valence-electron chi connectivity index (χ0n) is 11.8. The van der Waals surface area contributed by atoms with E-state index in [-0.39, 0.29) is 6.61 Å². The number of halogens is 1. The Bertz CT molecular complexity index is 393. The van der Waals surface area contributed by atoms with Gasteiger partial charge in [0, 0.05) is 24.7 Å². The van der Waals surface area contributed by atoms with Gasteiger partial charge in [-0.3, -0.25) is 0 Å². The third-order valence-corrected chi connectivity index (χ3v) is 3.62. The third kappa shape index (κ3) is 5.29. The minimum atomic E-state index is -0.502. The molecule has 1 saturated heterocycles. The van der Waals surface area contributed by atoms with Crippen molar-refractivity contribution in [2.75, 3.05) is 40.0 Å². The highest BCUT2D eigenvalue weighted by Gasteiger charge is 2.18. The van der Waals surface area contributed by atoms with E-state index in [4.69, 9.17) is 21.1 Å². The minimum Gasteiger partial charge on any atom is -0.491 e. The molecule has 0 amide bonds. The lowest BCUT2D eigenvalue weighted by Gasteiger charge is -2.23. The Morgan fingerprint density at radius 2 is 2.20 bits per heavy atom. The van der Waals surface area contributed by atoms with Crippen molar-refractivity contribution in [3.05, 3.63) is 29.3 Å². The van der Waals surface area contributed by atoms with Crippen molar-refractivity contribution in [2.24, 2.45) is 5.92 Å². The number of aliphatic hydroxyl groups is 1. The van der Waals surface area contributed by atoms with Gasteiger partial charge in [0.1, 0.15) is 18.5 Å². The van der Waals surface area contributed by atoms with Gasteiger partial charge in [0.05, 0.1) is 6.61 Å². The zero-order valence-corrected chi connectivity index (χ0v) is 12.6. The van der Waals surface area contributed by atoms with Crippen LogP contribution < -0.4 is 4.74 Å². The summed E-state index contributed by atoms with van der Waals surface area (Å²) >= 11 is 5.80. The van der Waals surface area contributed by atoms with Gasteiger partial charge in [-0.25, -0.2) is 0 Å². The molecule has 1 aliphatic heterocycles. The van der Waals surface area contributed by atoms with E-state index in [0.717, 1.165) is 31.9 Å². The van der Waals surface area contributed by atoms with Crippen LogP contribution in [0.1, 0.15) is 6.42 Å². The van der Waals surface area contributed by atoms with E-state index in [1.165, 1.54) is 0 Å². The van der Waals surface area contributed by atoms with Crippen LogP contribution in [0.3, 0.4) is 0 Å². The zero-order chi connectivity index (χ0) is 14.4. The Hall–Kier alpha value is -0.810. The van der Waals surface area contributed by atoms with Crippen molar-refractivity contribution in [2.45, 2.75) is 12.5 Å². The lowest BCUT2D eigenvalue weighted by atomic mass is 10.1. The van der Waals surface area contributed by atoms with Crippen LogP contribution in [-0.4, -0.2) is 56.1 Å². The number of hydrogen-bond donors (Lipinski definition) is 1. The summed E-state index contributed by atoms with van der Waals surface area (Å²) in [6.45, 7) is 3.54. The summed E-state index contributed by atoms with van der Waals surface area (Å²) in [6.07, 6.45) is 0.611. The first-order chi connectivity index (χ1) is 9.63. The molecule has 4 nitrogen and oxygen atoms in total. The molecule has 112 valence electrons. The van der Waals surface area contributed by atoms with E-state index in [1.807, 2.05) is 7.05 Å². The second kappa shape index (κ2) is 7.84. The molecule has 2 rings (SSSR count). The summed E-state index contributed by atoms with van der Waals surface area (Å²) in [6, 6.07) is 7.15. The number of likely N-dealkylation sites (N-methyl/N-ethyl adjacent to an activating group) is 1. The number of aliphatic hydroxyl groups excluding tert-OH is 1. The monoisotopic (exact) mass is 299 g/mol. The van der Waals surface area contributed by atoms with Crippen LogP contribution >= 0.6 is 11.6 Å². The van der Waals surface area contributed by atoms with Crippen molar-refractivity contribution in [1.29, 1.82) is 0 Å². The molecule has 1 heterocycles. The van der Waals surface area contributed by atoms with E-state index in [9.17, 15) is 5.11 Å². The fraction of sp³-hybridized carbons (Fsp3) is 0.600. The average Bonchev–Trinajstić information content (AvgIpc) is 2.90. The Kier molecular flexibility index (Phi) is 6.10. The summed E-state index contributed by atoms with van der Waals surface area (Å²) in [4.78, 5) is 2.13. The topological polar surface area (TPSA) is 41.9 Å². The number of rotatable bonds is 7. The second-order valence-corrected chi connectivity index (χ2v) is 5.81. The highest BCUT2D eigenvalue weighted by atomic mass is 35.5. The molecule has 20 heavy (non-hydrogen) atoms. The molecule has 0 saturated carbocycles. The fourth-order valence-corrected chi connectivity index (χ4v) is 2.50. The van der Waals surface area contributed by atoms with Crippen LogP contribution in [0.15, 0.2) is 24.3 Å². The lowest BCUT2D eigenvalue weighted by molar-refractivity contribution is 0.0705. The van der Waals surface area contributed by atoms with E-state index in [0.29, 0.717) is 17.5 Å². The van der Waals surface area contributed by atoms with Crippen LogP contribution in [0.2, 0.25) is 5.02 Å². The highest BCUT2D eigenvalue weighted by Crippen LogP contribution is 2.16. The molecule has 1 fully saturated rings. The molecule has 5 heteroatoms. The predicted molar refractivity (Wildman–Crippen MR) is 79.4 cm³/mol. The standard InChI is InChI=1S/C15H22ClNO3/c1-17(8-12-6-7-19-10-12)9-14(18)11-20-15-4-2-13(16)3-5-15/h2-5,12,14,18H,6-11H2,1H3. The summed E-state index contributed by atoms with van der Waals surface area (Å²) in [7, 11) is 2.02. The predicted octanol–water partition coefficient (Wildman–Crippen LogP) is 2.05. The van der Waals surface area contributed by atoms with Crippen molar-refractivity contribution in [3.63, 3.8) is 0 Å². The van der Waals surface area contributed by atoms with E-state index in [2.05, 4.69) is 4.90 Å². The van der Waals surface area contributed by atoms with Crippen molar-refractivity contribution < 1.29 is 14.6 Å². The van der Waals surface area contributed by atoms with Crippen molar-refractivity contribution in [1.82, 2.24) is 4.90 Å². The molecule has 0 spiro atoms. The van der Waals surface area contributed by atoms with Crippen molar-refractivity contribution >= 4 is 11.6 Å². The Balaban J connectivity index is 1.66. The molecule has 1 aromatic carbocycles. The Morgan fingerprint density at radius 1 is 1.45 bits per heavy atom. The molecule has 0 aromatic heterocycles. The van der Waals surface area contributed by atoms with Crippen LogP contribution in [0.4, 0.5) is 0 Å². The van der Waals surface area contributed by atoms with Gasteiger partial charge in [-0.1, -0.05) is 11.6 Å². The van der Waals surface area contributed by atoms with Crippen LogP contribution in [0.5, 0.6) is 5.75 Å². The van der Waals surface area contributed by atoms with Gasteiger partial charge in [-0.2, -0.15) is 0 Å². The van der Waals surface area contributed by atoms with E-state index in [1.54, 1.807) is 24.3 Å². The largest absolute Gasteiger partial charge is 0.491 e. The van der Waals surface area contributed by atoms with Crippen LogP contribution in [-0.2, 0) is 4.74 Å². The molecular formula is C15H22ClNO3. The first-order valence-corrected chi connectivity index (χ1v) is 7.34. The number of nitrogens with zero attached hydrogens (tertiary/aromatic N) is 1. The van der Waals surface area contributed by atoms with Gasteiger partial charge in [-0.05, 0) is 43.7 Å². The third-order valence-electron chi connectivity index (χ3n) is 3.37. The van der Waals surface area contributed by atoms with Gasteiger partial charge >= 0.3 is 0 Å². The fourth-order valence-electron chi connectivity index (χ4n) is 2.38. The molecule has 0 radical (unpaired) electrons. The van der Waals surface area contributed by atoms with Crippen molar-refractivity contribution in [3.8, 4) is 5.75 Å². The first-order valence-electron chi connectivity index (χ1n) is 6.96. The molecule has 0 bridgehead atoms. The summed E-state index contributed by atoms with van der Waals surface area (Å²) in [5, 5.41) is 10.7. The smallest absolute Gasteiger partial charge is 0.119 e. The van der Waals surface area contributed by atoms with E-state index < -0.39 is 6.10 Å². The van der Waals surface area contributed by atoms with Gasteiger partial charge in [0.25, 0.3) is 0 Å². The van der Waals surface area contributed by atoms with Gasteiger partial charge in [0.15, 0.2) is 0 Å². The maximum Gasteiger partial charge on any atom is 0.119 e. The van der Waals surface area contributed by atoms with Gasteiger partial charge in [0.2, 0.25) is 0 Å². The normalized spacial score (nSPS) is 20.3. The summed E-state index contributed by atoms with van der Waals surface area (Å²) in [5.41, 5.74) is 0. The molecule has 0 aliphatic carbocycles. The van der Waals surface area contributed by atoms with Crippen LogP contribution in [0, 0.1) is 5.92 Å². The Morgan fingerprint density at radius 3 is 2.85 bits per heavy atom. The average molecular weight is 300 g/mol. The maximum atomic E-state index is 9.99. The lowest BCUT2D eigenvalue weighted by Crippen LogP contribution is -2.36. The number of ether oxygens (including phenoxy) is 2. The summed E-state index contributed by atoms with van der Waals surface area (Å²) in [5.74, 6) is 1.31. The quantitative estimate of drug-likeness (QED) is 0.837. The molecule has 2 atom stereocenters. The molecule has 1 aromatic rings. The highest BCUT2D eigenvalue weighted by molar-refractivity contribution is 6.30. The van der Waals surface area contributed by atoms with Gasteiger partial charge in [-0.15, -0.1) is 0 Å². The molecule has 2 unspecified atom stereocenters. The minimum absolute atomic E-state index is 0.285. The van der Waals surface area contributed by atoms with Crippen LogP contribution in [0.25, 0.3) is 0 Å². The first kappa shape index (κ1) is 15.6. The molecule has 1 N–H and O–H groups in total. The van der Waals surface area contributed by atoms with E-state index >= 15 is 0 Å². The summed E-state index contributed by atoms with van der Waals surface area (Å²) < 4.78 is 10.9. The SMILES string of the molecule is CN(CC(O)COc1ccc(Cl)cc1)CC1CCOC1. The molecular weight excluding hydrogens is 278 g/mol. The number of benzene rings is 1. The second-order valence-electron chi connectivity index (χ2n) is 5.37. The molecule has 1 aliphatic rings.